The van der Waals surface area contributed by atoms with Gasteiger partial charge in [-0.15, -0.1) is 0 Å². The van der Waals surface area contributed by atoms with E-state index in [-0.39, 0.29) is 29.5 Å². The van der Waals surface area contributed by atoms with E-state index in [2.05, 4.69) is 0 Å². The van der Waals surface area contributed by atoms with Crippen LogP contribution in [0.3, 0.4) is 0 Å². The lowest BCUT2D eigenvalue weighted by Gasteiger charge is -2.16. The fourth-order valence-electron chi connectivity index (χ4n) is 2.72. The molecule has 5 heteroatoms. The zero-order valence-electron chi connectivity index (χ0n) is 9.78. The molecule has 2 aliphatic rings. The fraction of sp³-hybridized carbons (Fsp3) is 0.462. The van der Waals surface area contributed by atoms with Crippen LogP contribution < -0.4 is 4.74 Å². The Kier molecular flexibility index (Phi) is 2.50. The molecule has 18 heavy (non-hydrogen) atoms. The maximum absolute atomic E-state index is 13.8. The summed E-state index contributed by atoms with van der Waals surface area (Å²) in [5.74, 6) is -2.06. The summed E-state index contributed by atoms with van der Waals surface area (Å²) in [5.41, 5.74) is 0.311. The molecule has 0 amide bonds. The summed E-state index contributed by atoms with van der Waals surface area (Å²) in [5, 5.41) is 0. The highest BCUT2D eigenvalue weighted by atomic mass is 19.1. The van der Waals surface area contributed by atoms with Crippen molar-refractivity contribution in [2.24, 2.45) is 11.8 Å². The maximum Gasteiger partial charge on any atom is 0.309 e. The molecule has 0 saturated heterocycles. The first-order valence-electron chi connectivity index (χ1n) is 5.92. The van der Waals surface area contributed by atoms with Gasteiger partial charge in [0.2, 0.25) is 0 Å². The fourth-order valence-corrected chi connectivity index (χ4v) is 2.72. The lowest BCUT2D eigenvalue weighted by atomic mass is 10.0. The maximum atomic E-state index is 13.8. The van der Waals surface area contributed by atoms with Gasteiger partial charge < -0.3 is 9.47 Å². The van der Waals surface area contributed by atoms with E-state index in [1.54, 1.807) is 6.92 Å². The number of fused-ring (bicyclic) bond motifs is 3. The summed E-state index contributed by atoms with van der Waals surface area (Å²) in [6, 6.07) is 1.99. The summed E-state index contributed by atoms with van der Waals surface area (Å²) in [7, 11) is 0. The van der Waals surface area contributed by atoms with Gasteiger partial charge in [0.1, 0.15) is 17.4 Å². The molecular formula is C13H12F2O3. The van der Waals surface area contributed by atoms with Crippen LogP contribution >= 0.6 is 0 Å². The molecule has 0 spiro atoms. The van der Waals surface area contributed by atoms with Crippen LogP contribution in [0.4, 0.5) is 8.78 Å². The Morgan fingerprint density at radius 3 is 3.00 bits per heavy atom. The van der Waals surface area contributed by atoms with E-state index in [0.717, 1.165) is 12.1 Å². The van der Waals surface area contributed by atoms with Gasteiger partial charge in [-0.25, -0.2) is 8.78 Å². The lowest BCUT2D eigenvalue weighted by Crippen LogP contribution is -2.11. The molecule has 3 rings (SSSR count). The second kappa shape index (κ2) is 3.93. The molecule has 0 radical (unpaired) electrons. The summed E-state index contributed by atoms with van der Waals surface area (Å²) >= 11 is 0. The minimum absolute atomic E-state index is 0.0449. The molecule has 3 atom stereocenters. The standard InChI is InChI=1S/C13H12F2O3/c1-2-17-13(16)11-7-5-18-9-4-6(14)3-8(15)12(9)10(7)11/h3-4,7,10-11H,2,5H2,1H3/t7-,10+,11?/m1/s1. The zero-order valence-corrected chi connectivity index (χ0v) is 9.78. The number of halogens is 2. The Morgan fingerprint density at radius 1 is 1.50 bits per heavy atom. The second-order valence-corrected chi connectivity index (χ2v) is 4.58. The molecular weight excluding hydrogens is 242 g/mol. The van der Waals surface area contributed by atoms with Gasteiger partial charge in [0.15, 0.2) is 0 Å². The number of rotatable bonds is 2. The van der Waals surface area contributed by atoms with Crippen molar-refractivity contribution in [3.63, 3.8) is 0 Å². The van der Waals surface area contributed by atoms with E-state index in [1.807, 2.05) is 0 Å². The summed E-state index contributed by atoms with van der Waals surface area (Å²) in [6.45, 7) is 2.34. The predicted molar refractivity (Wildman–Crippen MR) is 58.2 cm³/mol. The van der Waals surface area contributed by atoms with Crippen LogP contribution in [0.1, 0.15) is 18.4 Å². The molecule has 1 aliphatic carbocycles. The van der Waals surface area contributed by atoms with Crippen molar-refractivity contribution in [3.05, 3.63) is 29.3 Å². The number of carbonyl (C=O) groups excluding carboxylic acids is 1. The molecule has 3 nitrogen and oxygen atoms in total. The van der Waals surface area contributed by atoms with Crippen LogP contribution in [0.15, 0.2) is 12.1 Å². The summed E-state index contributed by atoms with van der Waals surface area (Å²) < 4.78 is 37.1. The van der Waals surface area contributed by atoms with E-state index in [1.165, 1.54) is 0 Å². The van der Waals surface area contributed by atoms with Crippen LogP contribution in [0, 0.1) is 23.5 Å². The third-order valence-electron chi connectivity index (χ3n) is 3.55. The largest absolute Gasteiger partial charge is 0.493 e. The Labute approximate surface area is 103 Å². The lowest BCUT2D eigenvalue weighted by molar-refractivity contribution is -0.145. The van der Waals surface area contributed by atoms with Gasteiger partial charge >= 0.3 is 5.97 Å². The van der Waals surface area contributed by atoms with E-state index in [9.17, 15) is 13.6 Å². The monoisotopic (exact) mass is 254 g/mol. The Balaban J connectivity index is 1.93. The number of ether oxygens (including phenoxy) is 2. The topological polar surface area (TPSA) is 35.5 Å². The number of esters is 1. The molecule has 1 aromatic carbocycles. The first-order valence-corrected chi connectivity index (χ1v) is 5.92. The third-order valence-corrected chi connectivity index (χ3v) is 3.55. The summed E-state index contributed by atoms with van der Waals surface area (Å²) in [4.78, 5) is 11.7. The molecule has 1 unspecified atom stereocenters. The highest BCUT2D eigenvalue weighted by Crippen LogP contribution is 2.60. The van der Waals surface area contributed by atoms with Gasteiger partial charge in [-0.3, -0.25) is 4.79 Å². The first-order chi connectivity index (χ1) is 8.63. The van der Waals surface area contributed by atoms with Gasteiger partial charge in [-0.2, -0.15) is 0 Å². The molecule has 1 aliphatic heterocycles. The van der Waals surface area contributed by atoms with Gasteiger partial charge in [0.25, 0.3) is 0 Å². The van der Waals surface area contributed by atoms with Crippen molar-refractivity contribution in [1.29, 1.82) is 0 Å². The van der Waals surface area contributed by atoms with Crippen molar-refractivity contribution in [1.82, 2.24) is 0 Å². The molecule has 0 aromatic heterocycles. The molecule has 96 valence electrons. The number of hydrogen-bond donors (Lipinski definition) is 0. The van der Waals surface area contributed by atoms with Crippen molar-refractivity contribution < 1.29 is 23.0 Å². The molecule has 1 fully saturated rings. The van der Waals surface area contributed by atoms with E-state index in [4.69, 9.17) is 9.47 Å². The highest BCUT2D eigenvalue weighted by Gasteiger charge is 2.60. The normalized spacial score (nSPS) is 27.8. The summed E-state index contributed by atoms with van der Waals surface area (Å²) in [6.07, 6.45) is 0. The third kappa shape index (κ3) is 1.57. The number of hydrogen-bond acceptors (Lipinski definition) is 3. The first kappa shape index (κ1) is 11.4. The van der Waals surface area contributed by atoms with Crippen LogP contribution in [-0.2, 0) is 9.53 Å². The van der Waals surface area contributed by atoms with Crippen LogP contribution in [-0.4, -0.2) is 19.2 Å². The molecule has 0 bridgehead atoms. The molecule has 1 saturated carbocycles. The predicted octanol–water partition coefficient (Wildman–Crippen LogP) is 2.25. The quantitative estimate of drug-likeness (QED) is 0.759. The van der Waals surface area contributed by atoms with Gasteiger partial charge in [-0.1, -0.05) is 0 Å². The van der Waals surface area contributed by atoms with Crippen molar-refractivity contribution in [3.8, 4) is 5.75 Å². The van der Waals surface area contributed by atoms with Crippen molar-refractivity contribution in [2.75, 3.05) is 13.2 Å². The molecule has 1 heterocycles. The minimum Gasteiger partial charge on any atom is -0.493 e. The Hall–Kier alpha value is -1.65. The van der Waals surface area contributed by atoms with Gasteiger partial charge in [0.05, 0.1) is 19.1 Å². The van der Waals surface area contributed by atoms with E-state index in [0.29, 0.717) is 18.8 Å². The zero-order chi connectivity index (χ0) is 12.9. The average Bonchev–Trinajstić information content (AvgIpc) is 3.02. The highest BCUT2D eigenvalue weighted by molar-refractivity contribution is 5.79. The van der Waals surface area contributed by atoms with Crippen LogP contribution in [0.2, 0.25) is 0 Å². The average molecular weight is 254 g/mol. The minimum atomic E-state index is -0.668. The Bertz CT molecular complexity index is 515. The number of benzene rings is 1. The van der Waals surface area contributed by atoms with Gasteiger partial charge in [0, 0.05) is 29.5 Å². The Morgan fingerprint density at radius 2 is 2.28 bits per heavy atom. The van der Waals surface area contributed by atoms with Crippen LogP contribution in [0.25, 0.3) is 0 Å². The van der Waals surface area contributed by atoms with Crippen LogP contribution in [0.5, 0.6) is 5.75 Å². The molecule has 1 aromatic rings. The van der Waals surface area contributed by atoms with Gasteiger partial charge in [-0.05, 0) is 6.92 Å². The smallest absolute Gasteiger partial charge is 0.309 e. The molecule has 0 N–H and O–H groups in total. The van der Waals surface area contributed by atoms with E-state index >= 15 is 0 Å². The van der Waals surface area contributed by atoms with Crippen molar-refractivity contribution >= 4 is 5.97 Å². The second-order valence-electron chi connectivity index (χ2n) is 4.58. The van der Waals surface area contributed by atoms with E-state index < -0.39 is 11.6 Å². The van der Waals surface area contributed by atoms with Crippen molar-refractivity contribution in [2.45, 2.75) is 12.8 Å². The number of carbonyl (C=O) groups is 1. The SMILES string of the molecule is CCOC(=O)C1[C@H]2c3c(F)cc(F)cc3OC[C@@H]12.